The summed E-state index contributed by atoms with van der Waals surface area (Å²) in [4.78, 5) is 16.8. The van der Waals surface area contributed by atoms with Crippen molar-refractivity contribution in [2.75, 3.05) is 12.4 Å². The topological polar surface area (TPSA) is 69.0 Å². The lowest BCUT2D eigenvalue weighted by atomic mass is 10.1. The Morgan fingerprint density at radius 2 is 1.93 bits per heavy atom. The van der Waals surface area contributed by atoms with E-state index in [0.717, 1.165) is 38.6 Å². The second-order valence-corrected chi connectivity index (χ2v) is 7.94. The number of anilines is 1. The third-order valence-electron chi connectivity index (χ3n) is 4.67. The van der Waals surface area contributed by atoms with Crippen molar-refractivity contribution >= 4 is 32.6 Å². The van der Waals surface area contributed by atoms with Crippen molar-refractivity contribution in [2.45, 2.75) is 26.7 Å². The second-order valence-electron chi connectivity index (χ2n) is 6.91. The first-order chi connectivity index (χ1) is 14.0. The third kappa shape index (κ3) is 4.30. The van der Waals surface area contributed by atoms with Crippen LogP contribution in [0.5, 0.6) is 5.75 Å². The van der Waals surface area contributed by atoms with Gasteiger partial charge in [-0.2, -0.15) is 5.10 Å². The molecule has 0 atom stereocenters. The fourth-order valence-corrected chi connectivity index (χ4v) is 4.08. The molecule has 0 unspecified atom stereocenters. The van der Waals surface area contributed by atoms with Gasteiger partial charge in [0.2, 0.25) is 5.91 Å². The number of benzene rings is 2. The van der Waals surface area contributed by atoms with Crippen LogP contribution in [0, 0.1) is 13.8 Å². The summed E-state index contributed by atoms with van der Waals surface area (Å²) in [5.41, 5.74) is 5.05. The van der Waals surface area contributed by atoms with E-state index in [1.165, 1.54) is 11.3 Å². The molecule has 0 aliphatic rings. The predicted molar refractivity (Wildman–Crippen MR) is 116 cm³/mol. The molecule has 0 spiro atoms. The van der Waals surface area contributed by atoms with Crippen LogP contribution in [0.1, 0.15) is 23.4 Å². The van der Waals surface area contributed by atoms with Gasteiger partial charge in [0.15, 0.2) is 5.13 Å². The van der Waals surface area contributed by atoms with Crippen molar-refractivity contribution in [1.29, 1.82) is 0 Å². The molecule has 29 heavy (non-hydrogen) atoms. The highest BCUT2D eigenvalue weighted by Gasteiger charge is 2.09. The maximum atomic E-state index is 12.3. The van der Waals surface area contributed by atoms with E-state index >= 15 is 0 Å². The van der Waals surface area contributed by atoms with Gasteiger partial charge in [-0.05, 0) is 56.2 Å². The summed E-state index contributed by atoms with van der Waals surface area (Å²) in [5, 5.41) is 8.01. The largest absolute Gasteiger partial charge is 0.497 e. The number of nitrogens with zero attached hydrogens (tertiary/aromatic N) is 3. The first kappa shape index (κ1) is 19.1. The van der Waals surface area contributed by atoms with Crippen LogP contribution in [0.3, 0.4) is 0 Å². The Balaban J connectivity index is 1.36. The van der Waals surface area contributed by atoms with Gasteiger partial charge >= 0.3 is 0 Å². The SMILES string of the molecule is COc1ccc2sc(NC(=O)CCc3ccc(-n4nc(C)cc4C)cc3)nc2c1. The Hall–Kier alpha value is -3.19. The number of nitrogens with one attached hydrogen (secondary N) is 1. The maximum absolute atomic E-state index is 12.3. The van der Waals surface area contributed by atoms with E-state index in [1.807, 2.05) is 61.0 Å². The molecule has 0 saturated heterocycles. The van der Waals surface area contributed by atoms with Crippen LogP contribution in [0.15, 0.2) is 48.5 Å². The minimum atomic E-state index is -0.0429. The number of aromatic nitrogens is 3. The molecule has 0 bridgehead atoms. The molecule has 0 aliphatic heterocycles. The Morgan fingerprint density at radius 1 is 1.14 bits per heavy atom. The van der Waals surface area contributed by atoms with Crippen LogP contribution in [0.2, 0.25) is 0 Å². The fourth-order valence-electron chi connectivity index (χ4n) is 3.22. The van der Waals surface area contributed by atoms with E-state index in [9.17, 15) is 4.79 Å². The number of hydrogen-bond acceptors (Lipinski definition) is 5. The minimum Gasteiger partial charge on any atom is -0.497 e. The quantitative estimate of drug-likeness (QED) is 0.505. The summed E-state index contributed by atoms with van der Waals surface area (Å²) in [6.07, 6.45) is 1.07. The molecule has 0 radical (unpaired) electrons. The average Bonchev–Trinajstić information content (AvgIpc) is 3.27. The molecule has 6 nitrogen and oxygen atoms in total. The Labute approximate surface area is 173 Å². The highest BCUT2D eigenvalue weighted by Crippen LogP contribution is 2.29. The summed E-state index contributed by atoms with van der Waals surface area (Å²) in [5.74, 6) is 0.711. The summed E-state index contributed by atoms with van der Waals surface area (Å²) in [7, 11) is 1.63. The molecule has 4 aromatic rings. The monoisotopic (exact) mass is 406 g/mol. The van der Waals surface area contributed by atoms with E-state index in [1.54, 1.807) is 7.11 Å². The lowest BCUT2D eigenvalue weighted by Crippen LogP contribution is -2.12. The van der Waals surface area contributed by atoms with Gasteiger partial charge in [-0.3, -0.25) is 4.79 Å². The van der Waals surface area contributed by atoms with Crippen LogP contribution in [-0.4, -0.2) is 27.8 Å². The molecule has 0 aliphatic carbocycles. The number of carbonyl (C=O) groups is 1. The van der Waals surface area contributed by atoms with Crippen molar-refractivity contribution in [1.82, 2.24) is 14.8 Å². The van der Waals surface area contributed by atoms with E-state index in [2.05, 4.69) is 21.5 Å². The number of fused-ring (bicyclic) bond motifs is 1. The van der Waals surface area contributed by atoms with Gasteiger partial charge in [-0.1, -0.05) is 23.5 Å². The minimum absolute atomic E-state index is 0.0429. The van der Waals surface area contributed by atoms with E-state index in [4.69, 9.17) is 4.74 Å². The van der Waals surface area contributed by atoms with Crippen LogP contribution < -0.4 is 10.1 Å². The van der Waals surface area contributed by atoms with Crippen LogP contribution >= 0.6 is 11.3 Å². The van der Waals surface area contributed by atoms with Gasteiger partial charge in [0.25, 0.3) is 0 Å². The summed E-state index contributed by atoms with van der Waals surface area (Å²) < 4.78 is 8.16. The highest BCUT2D eigenvalue weighted by atomic mass is 32.1. The van der Waals surface area contributed by atoms with E-state index in [-0.39, 0.29) is 5.91 Å². The van der Waals surface area contributed by atoms with Gasteiger partial charge in [0.05, 0.1) is 28.7 Å². The molecule has 2 aromatic carbocycles. The lowest BCUT2D eigenvalue weighted by molar-refractivity contribution is -0.116. The molecule has 2 aromatic heterocycles. The first-order valence-corrected chi connectivity index (χ1v) is 10.2. The van der Waals surface area contributed by atoms with E-state index < -0.39 is 0 Å². The summed E-state index contributed by atoms with van der Waals surface area (Å²) >= 11 is 1.46. The van der Waals surface area contributed by atoms with Crippen molar-refractivity contribution in [2.24, 2.45) is 0 Å². The number of thiazole rings is 1. The van der Waals surface area contributed by atoms with Crippen LogP contribution in [0.4, 0.5) is 5.13 Å². The number of rotatable bonds is 6. The first-order valence-electron chi connectivity index (χ1n) is 9.39. The van der Waals surface area contributed by atoms with Gasteiger partial charge in [-0.25, -0.2) is 9.67 Å². The zero-order chi connectivity index (χ0) is 20.4. The van der Waals surface area contributed by atoms with Gasteiger partial charge in [0.1, 0.15) is 5.75 Å². The Morgan fingerprint density at radius 3 is 2.62 bits per heavy atom. The molecule has 7 heteroatoms. The normalized spacial score (nSPS) is 11.0. The molecule has 4 rings (SSSR count). The molecule has 0 saturated carbocycles. The van der Waals surface area contributed by atoms with E-state index in [0.29, 0.717) is 18.0 Å². The Bertz CT molecular complexity index is 1160. The highest BCUT2D eigenvalue weighted by molar-refractivity contribution is 7.22. The second kappa shape index (κ2) is 8.05. The average molecular weight is 407 g/mol. The molecular weight excluding hydrogens is 384 g/mol. The molecule has 0 fully saturated rings. The standard InChI is InChI=1S/C22H22N4O2S/c1-14-12-15(2)26(25-14)17-7-4-16(5-8-17)6-11-21(27)24-22-23-19-13-18(28-3)9-10-20(19)29-22/h4-5,7-10,12-13H,6,11H2,1-3H3,(H,23,24,27). The molecule has 1 N–H and O–H groups in total. The van der Waals surface area contributed by atoms with Crippen molar-refractivity contribution in [3.63, 3.8) is 0 Å². The number of ether oxygens (including phenoxy) is 1. The maximum Gasteiger partial charge on any atom is 0.226 e. The van der Waals surface area contributed by atoms with Crippen LogP contribution in [-0.2, 0) is 11.2 Å². The molecule has 2 heterocycles. The lowest BCUT2D eigenvalue weighted by Gasteiger charge is -2.06. The van der Waals surface area contributed by atoms with Gasteiger partial charge in [0, 0.05) is 18.2 Å². The molecular formula is C22H22N4O2S. The fraction of sp³-hybridized carbons (Fsp3) is 0.227. The van der Waals surface area contributed by atoms with Gasteiger partial charge < -0.3 is 10.1 Å². The number of aryl methyl sites for hydroxylation is 3. The predicted octanol–water partition coefficient (Wildman–Crippen LogP) is 4.68. The zero-order valence-electron chi connectivity index (χ0n) is 16.6. The zero-order valence-corrected chi connectivity index (χ0v) is 17.4. The third-order valence-corrected chi connectivity index (χ3v) is 5.62. The van der Waals surface area contributed by atoms with Gasteiger partial charge in [-0.15, -0.1) is 0 Å². The number of amides is 1. The number of methoxy groups -OCH3 is 1. The number of hydrogen-bond donors (Lipinski definition) is 1. The number of carbonyl (C=O) groups excluding carboxylic acids is 1. The van der Waals surface area contributed by atoms with Crippen molar-refractivity contribution in [3.05, 3.63) is 65.5 Å². The molecule has 148 valence electrons. The van der Waals surface area contributed by atoms with Crippen molar-refractivity contribution in [3.8, 4) is 11.4 Å². The van der Waals surface area contributed by atoms with Crippen molar-refractivity contribution < 1.29 is 9.53 Å². The Kier molecular flexibility index (Phi) is 5.31. The molecule has 1 amide bonds. The summed E-state index contributed by atoms with van der Waals surface area (Å²) in [6, 6.07) is 15.9. The summed E-state index contributed by atoms with van der Waals surface area (Å²) in [6.45, 7) is 4.02. The van der Waals surface area contributed by atoms with Crippen LogP contribution in [0.25, 0.3) is 15.9 Å². The smallest absolute Gasteiger partial charge is 0.226 e.